The molecular formula is C101H103F2N39O7S. The van der Waals surface area contributed by atoms with Gasteiger partial charge < -0.3 is 99.4 Å². The SMILES string of the molecule is CC(=O)Nc1cc(NC(C)=O)cc(Nc2nc(N)n(-c3ccc(C#N)cc3)n2)c1.COc1cc(Nc2nc(N)n(-c3ccnc(SC)n3)n2)ccc1OCCCN1CCOCC1.Cc1nc(Nc2ccccc2)cc(-n2nc(Nc3ccccc3F)nc2N)n1.NNc1nc(Nc2ccc(N3CCOCC3)cc2)nn1-c1cccc(Oc2ccccc2)c1.Nc1nc(Nc2ccccc2F)nn1-c1cc(Nc2ccccc2)ncn1. The van der Waals surface area contributed by atoms with Crippen LogP contribution in [-0.2, 0) is 19.1 Å². The quantitative estimate of drug-likeness (QED) is 0.00612. The molecule has 2 saturated heterocycles. The molecule has 8 aromatic heterocycles. The van der Waals surface area contributed by atoms with Crippen LogP contribution in [0, 0.1) is 29.9 Å². The van der Waals surface area contributed by atoms with Crippen LogP contribution in [0.25, 0.3) is 28.8 Å². The normalized spacial score (nSPS) is 12.0. The molecule has 0 radical (unpaired) electrons. The molecule has 18 aromatic rings. The molecule has 0 bridgehead atoms. The second kappa shape index (κ2) is 50.6. The number of nitrogen functional groups attached to an aromatic ring is 5. The number of hydrogen-bond acceptors (Lipinski definition) is 40. The van der Waals surface area contributed by atoms with Gasteiger partial charge in [-0.1, -0.05) is 96.7 Å². The molecule has 0 saturated carbocycles. The molecule has 46 nitrogen and oxygen atoms in total. The van der Waals surface area contributed by atoms with Crippen molar-refractivity contribution in [3.8, 4) is 57.9 Å². The number of hydrazine groups is 1. The predicted molar refractivity (Wildman–Crippen MR) is 570 cm³/mol. The Kier molecular flexibility index (Phi) is 34.8. The standard InChI is InChI=1S/C24H25N7O2.C21H28N8O3S.C19H17FN8.C19H18N8O2.C18H15FN8/c25-28-24-27-23(26-18-9-11-19(12-10-18)30-13-15-32-16-14-30)29-31(24)20-5-4-8-22(17-20)33-21-6-2-1-3-7-21;1-30-17-14-15(4-5-16(17)32-11-3-8-28-9-12-31-13-10-28)24-20-26-19(22)29(27-20)18-6-7-23-21(25-18)33-2;1-12-22-16(24-13-7-3-2-4-8-13)11-17(23-12)28-18(21)26-19(27-28)25-15-10-6-5-9-14(15)20;1-11(28)22-14-7-15(23-12(2)29)9-16(8-14)24-19-25-18(21)27(26-19)17-5-3-13(10-20)4-6-17;19-13-8-4-5-9-14(13)24-18-25-17(20)27(26-18)16-10-15(21-11-22-16)23-12-6-2-1-3-7-12/h1-12,17H,13-16,25H2,(H2,26,27,28,29);4-7,14H,3,8-13H2,1-2H3,(H3,22,24,26,27);2-11H,1H3,(H,22,23,24)(H3,21,25,26,27);3-9H,1-2H3,(H,22,28)(H,23,29)(H3,21,24,25,26);1-11H,(H,21,22,23)(H3,20,24,25,26). The molecule has 0 atom stereocenters. The highest BCUT2D eigenvalue weighted by Crippen LogP contribution is 2.35. The lowest BCUT2D eigenvalue weighted by Gasteiger charge is -2.28. The lowest BCUT2D eigenvalue weighted by atomic mass is 10.2. The summed E-state index contributed by atoms with van der Waals surface area (Å²) in [6.45, 7) is 13.0. The van der Waals surface area contributed by atoms with Crippen molar-refractivity contribution in [2.24, 2.45) is 5.84 Å². The minimum Gasteiger partial charge on any atom is -0.493 e. The fourth-order valence-electron chi connectivity index (χ4n) is 14.7. The van der Waals surface area contributed by atoms with Crippen LogP contribution in [0.4, 0.5) is 137 Å². The Morgan fingerprint density at radius 1 is 0.440 bits per heavy atom. The molecule has 2 fully saturated rings. The number of hydrogen-bond donors (Lipinski definition) is 15. The number of thioether (sulfide) groups is 1. The van der Waals surface area contributed by atoms with Gasteiger partial charge >= 0.3 is 0 Å². The molecule has 20 N–H and O–H groups in total. The summed E-state index contributed by atoms with van der Waals surface area (Å²) >= 11 is 1.44. The van der Waals surface area contributed by atoms with Crippen molar-refractivity contribution in [3.63, 3.8) is 0 Å². The van der Waals surface area contributed by atoms with Crippen molar-refractivity contribution in [2.45, 2.75) is 32.3 Å². The molecule has 10 heterocycles. The van der Waals surface area contributed by atoms with Crippen molar-refractivity contribution < 1.29 is 42.1 Å². The van der Waals surface area contributed by atoms with Gasteiger partial charge in [0.2, 0.25) is 71.3 Å². The number of morpholine rings is 2. The highest BCUT2D eigenvalue weighted by molar-refractivity contribution is 7.98. The zero-order valence-corrected chi connectivity index (χ0v) is 82.3. The first-order chi connectivity index (χ1) is 73.0. The summed E-state index contributed by atoms with van der Waals surface area (Å²) in [5, 5.41) is 58.1. The lowest BCUT2D eigenvalue weighted by molar-refractivity contribution is -0.115. The molecule has 20 rings (SSSR count). The van der Waals surface area contributed by atoms with Gasteiger partial charge in [0.1, 0.15) is 46.9 Å². The van der Waals surface area contributed by atoms with E-state index in [4.69, 9.17) is 57.7 Å². The molecule has 2 amide bonds. The molecule has 764 valence electrons. The van der Waals surface area contributed by atoms with Crippen molar-refractivity contribution in [1.82, 2.24) is 109 Å². The lowest BCUT2D eigenvalue weighted by Crippen LogP contribution is -2.37. The topological polar surface area (TPSA) is 592 Å². The molecule has 0 spiro atoms. The summed E-state index contributed by atoms with van der Waals surface area (Å²) < 4.78 is 63.0. The number of nitrogens with two attached hydrogens (primary N) is 5. The Bertz CT molecular complexity index is 7570. The maximum Gasteiger partial charge on any atom is 0.248 e. The largest absolute Gasteiger partial charge is 0.493 e. The Morgan fingerprint density at radius 2 is 0.940 bits per heavy atom. The maximum atomic E-state index is 13.8. The Morgan fingerprint density at radius 3 is 1.53 bits per heavy atom. The van der Waals surface area contributed by atoms with E-state index in [1.54, 1.807) is 122 Å². The highest BCUT2D eigenvalue weighted by atomic mass is 32.2. The number of para-hydroxylation sites is 5. The molecule has 150 heavy (non-hydrogen) atoms. The van der Waals surface area contributed by atoms with E-state index in [1.165, 1.54) is 68.5 Å². The van der Waals surface area contributed by atoms with Crippen LogP contribution in [0.3, 0.4) is 0 Å². The average Bonchev–Trinajstić information content (AvgIpc) is 1.63. The summed E-state index contributed by atoms with van der Waals surface area (Å²) in [5.74, 6) is 12.6. The number of nitrogens with one attached hydrogen (secondary N) is 10. The van der Waals surface area contributed by atoms with Crippen molar-refractivity contribution in [3.05, 3.63) is 302 Å². The zero-order chi connectivity index (χ0) is 105. The van der Waals surface area contributed by atoms with Crippen LogP contribution < -0.4 is 101 Å². The van der Waals surface area contributed by atoms with Crippen LogP contribution in [0.5, 0.6) is 23.0 Å². The number of ether oxygens (including phenoxy) is 5. The second-order valence-electron chi connectivity index (χ2n) is 32.4. The van der Waals surface area contributed by atoms with Crippen molar-refractivity contribution in [2.75, 3.05) is 160 Å². The smallest absolute Gasteiger partial charge is 0.248 e. The van der Waals surface area contributed by atoms with Gasteiger partial charge in [0.25, 0.3) is 0 Å². The number of amides is 2. The summed E-state index contributed by atoms with van der Waals surface area (Å²) in [7, 11) is 1.61. The van der Waals surface area contributed by atoms with Gasteiger partial charge in [-0.05, 0) is 171 Å². The number of aryl methyl sites for hydroxylation is 1. The number of rotatable bonds is 32. The Balaban J connectivity index is 0.000000134. The van der Waals surface area contributed by atoms with E-state index in [0.29, 0.717) is 110 Å². The van der Waals surface area contributed by atoms with E-state index in [1.807, 2.05) is 158 Å². The van der Waals surface area contributed by atoms with Gasteiger partial charge in [0, 0.05) is 129 Å². The average molecular weight is 2050 g/mol. The van der Waals surface area contributed by atoms with Gasteiger partial charge in [-0.25, -0.2) is 44.5 Å². The van der Waals surface area contributed by atoms with Gasteiger partial charge in [0.05, 0.1) is 74.5 Å². The highest BCUT2D eigenvalue weighted by Gasteiger charge is 2.22. The number of nitriles is 1. The van der Waals surface area contributed by atoms with E-state index in [2.05, 4.69) is 156 Å². The second-order valence-corrected chi connectivity index (χ2v) is 33.2. The Hall–Kier alpha value is -19.6. The van der Waals surface area contributed by atoms with E-state index in [0.717, 1.165) is 99.8 Å². The first-order valence-electron chi connectivity index (χ1n) is 46.5. The fraction of sp³-hybridized carbons (Fsp3) is 0.158. The van der Waals surface area contributed by atoms with Crippen molar-refractivity contribution in [1.29, 1.82) is 5.26 Å². The Labute approximate surface area is 861 Å². The van der Waals surface area contributed by atoms with Crippen LogP contribution in [0.1, 0.15) is 31.7 Å². The number of anilines is 22. The van der Waals surface area contributed by atoms with E-state index in [9.17, 15) is 18.4 Å². The molecule has 2 aliphatic rings. The number of benzene rings is 10. The molecule has 0 unspecified atom stereocenters. The summed E-state index contributed by atoms with van der Waals surface area (Å²) in [4.78, 5) is 74.3. The van der Waals surface area contributed by atoms with E-state index in [-0.39, 0.29) is 64.8 Å². The minimum atomic E-state index is -0.413. The number of aromatic nitrogens is 21. The monoisotopic (exact) mass is 2040 g/mol. The van der Waals surface area contributed by atoms with Crippen LogP contribution in [-0.4, -0.2) is 200 Å². The molecule has 49 heteroatoms. The number of carbonyl (C=O) groups excluding carboxylic acids is 2. The van der Waals surface area contributed by atoms with Gasteiger partial charge in [0.15, 0.2) is 34.1 Å². The van der Waals surface area contributed by atoms with Gasteiger partial charge in [-0.3, -0.25) is 19.9 Å². The van der Waals surface area contributed by atoms with Crippen LogP contribution >= 0.6 is 11.8 Å². The molecular weight excluding hydrogens is 1940 g/mol. The minimum absolute atomic E-state index is 0.109. The summed E-state index contributed by atoms with van der Waals surface area (Å²) in [5.41, 5.74) is 35.1. The number of nitrogens with zero attached hydrogens (tertiary/aromatic N) is 24. The fourth-order valence-corrected chi connectivity index (χ4v) is 15.1. The maximum absolute atomic E-state index is 13.8. The number of halogens is 2. The number of carbonyl (C=O) groups is 2. The molecule has 10 aromatic carbocycles. The first-order valence-corrected chi connectivity index (χ1v) is 47.7. The number of methoxy groups -OCH3 is 1. The van der Waals surface area contributed by atoms with E-state index >= 15 is 0 Å². The molecule has 0 aliphatic carbocycles. The third-order valence-electron chi connectivity index (χ3n) is 21.5. The predicted octanol–water partition coefficient (Wildman–Crippen LogP) is 15.4. The van der Waals surface area contributed by atoms with Crippen molar-refractivity contribution >= 4 is 152 Å². The van der Waals surface area contributed by atoms with Gasteiger partial charge in [-0.2, -0.15) is 53.6 Å². The third-order valence-corrected chi connectivity index (χ3v) is 22.1. The summed E-state index contributed by atoms with van der Waals surface area (Å²) in [6, 6.07) is 81.5. The van der Waals surface area contributed by atoms with Gasteiger partial charge in [-0.15, -0.1) is 25.5 Å². The zero-order valence-electron chi connectivity index (χ0n) is 81.5. The first kappa shape index (κ1) is 103. The third kappa shape index (κ3) is 28.9. The van der Waals surface area contributed by atoms with E-state index < -0.39 is 11.6 Å². The molecule has 2 aliphatic heterocycles. The van der Waals surface area contributed by atoms with Crippen LogP contribution in [0.2, 0.25) is 0 Å². The summed E-state index contributed by atoms with van der Waals surface area (Å²) in [6.07, 6.45) is 5.89. The van der Waals surface area contributed by atoms with Crippen LogP contribution in [0.15, 0.2) is 285 Å².